The highest BCUT2D eigenvalue weighted by molar-refractivity contribution is 6.06. The summed E-state index contributed by atoms with van der Waals surface area (Å²) in [6, 6.07) is 17.7. The highest BCUT2D eigenvalue weighted by Crippen LogP contribution is 2.27. The van der Waals surface area contributed by atoms with Crippen LogP contribution in [0.1, 0.15) is 12.8 Å². The number of carbonyl (C=O) groups excluding carboxylic acids is 1. The van der Waals surface area contributed by atoms with E-state index in [2.05, 4.69) is 25.9 Å². The van der Waals surface area contributed by atoms with Crippen molar-refractivity contribution in [3.8, 4) is 0 Å². The van der Waals surface area contributed by atoms with Crippen molar-refractivity contribution in [1.29, 1.82) is 0 Å². The predicted octanol–water partition coefficient (Wildman–Crippen LogP) is 6.17. The van der Waals surface area contributed by atoms with Gasteiger partial charge < -0.3 is 16.0 Å². The summed E-state index contributed by atoms with van der Waals surface area (Å²) in [5.74, 6) is -0.502. The molecule has 4 aromatic rings. The Morgan fingerprint density at radius 1 is 0.882 bits per heavy atom. The van der Waals surface area contributed by atoms with E-state index >= 15 is 0 Å². The molecule has 1 aliphatic rings. The third-order valence-electron chi connectivity index (χ3n) is 5.46. The van der Waals surface area contributed by atoms with Crippen LogP contribution in [0.2, 0.25) is 0 Å². The number of nitrogens with zero attached hydrogens (tertiary/aromatic N) is 2. The summed E-state index contributed by atoms with van der Waals surface area (Å²) < 4.78 is 13.5. The predicted molar refractivity (Wildman–Crippen MR) is 133 cm³/mol. The van der Waals surface area contributed by atoms with Crippen LogP contribution in [0, 0.1) is 5.82 Å². The number of benzene rings is 2. The molecular weight excluding hydrogens is 429 g/mol. The Hall–Kier alpha value is -4.52. The van der Waals surface area contributed by atoms with Gasteiger partial charge in [0.15, 0.2) is 0 Å². The van der Waals surface area contributed by atoms with Gasteiger partial charge in [-0.05, 0) is 67.4 Å². The minimum absolute atomic E-state index is 0.179. The molecule has 1 aliphatic carbocycles. The summed E-state index contributed by atoms with van der Waals surface area (Å²) in [6.07, 6.45) is 10.4. The topological polar surface area (TPSA) is 78.9 Å². The number of carbonyl (C=O) groups is 1. The quantitative estimate of drug-likeness (QED) is 0.327. The first-order valence-electron chi connectivity index (χ1n) is 10.9. The van der Waals surface area contributed by atoms with E-state index in [9.17, 15) is 9.18 Å². The van der Waals surface area contributed by atoms with E-state index in [0.717, 1.165) is 41.0 Å². The largest absolute Gasteiger partial charge is 0.358 e. The monoisotopic (exact) mass is 451 g/mol. The Labute approximate surface area is 196 Å². The fourth-order valence-corrected chi connectivity index (χ4v) is 3.84. The number of nitrogens with one attached hydrogen (secondary N) is 3. The molecule has 0 saturated heterocycles. The molecule has 7 heteroatoms. The van der Waals surface area contributed by atoms with E-state index in [1.165, 1.54) is 12.1 Å². The number of anilines is 4. The molecule has 0 bridgehead atoms. The number of allylic oxidation sites excluding steroid dienone is 2. The number of rotatable bonds is 6. The Balaban J connectivity index is 1.29. The summed E-state index contributed by atoms with van der Waals surface area (Å²) in [4.78, 5) is 21.2. The molecular formula is C27H22FN5O. The number of fused-ring (bicyclic) bond motifs is 1. The fourth-order valence-electron chi connectivity index (χ4n) is 3.84. The second-order valence-corrected chi connectivity index (χ2v) is 7.91. The van der Waals surface area contributed by atoms with Crippen LogP contribution in [0.15, 0.2) is 103 Å². The van der Waals surface area contributed by atoms with Crippen molar-refractivity contribution >= 4 is 39.6 Å². The summed E-state index contributed by atoms with van der Waals surface area (Å²) in [7, 11) is 0. The van der Waals surface area contributed by atoms with Gasteiger partial charge in [0.1, 0.15) is 5.82 Å². The van der Waals surface area contributed by atoms with Crippen molar-refractivity contribution in [3.63, 3.8) is 0 Å². The molecule has 2 aromatic carbocycles. The molecule has 0 atom stereocenters. The maximum atomic E-state index is 13.5. The van der Waals surface area contributed by atoms with Crippen LogP contribution in [0.5, 0.6) is 0 Å². The highest BCUT2D eigenvalue weighted by Gasteiger charge is 2.14. The molecule has 0 saturated carbocycles. The summed E-state index contributed by atoms with van der Waals surface area (Å²) >= 11 is 0. The molecule has 0 radical (unpaired) electrons. The molecule has 0 aliphatic heterocycles. The van der Waals surface area contributed by atoms with Gasteiger partial charge in [-0.3, -0.25) is 14.8 Å². The summed E-state index contributed by atoms with van der Waals surface area (Å²) in [5, 5.41) is 10.5. The smallest absolute Gasteiger partial charge is 0.255 e. The molecule has 3 N–H and O–H groups in total. The summed E-state index contributed by atoms with van der Waals surface area (Å²) in [5.41, 5.74) is 5.38. The van der Waals surface area contributed by atoms with Crippen molar-refractivity contribution in [2.45, 2.75) is 12.8 Å². The summed E-state index contributed by atoms with van der Waals surface area (Å²) in [6.45, 7) is 0. The fraction of sp³-hybridized carbons (Fsp3) is 0.0741. The molecule has 34 heavy (non-hydrogen) atoms. The van der Waals surface area contributed by atoms with Crippen molar-refractivity contribution in [1.82, 2.24) is 9.97 Å². The van der Waals surface area contributed by atoms with Gasteiger partial charge in [-0.2, -0.15) is 0 Å². The standard InChI is InChI=1S/C27H22FN5O/c28-19-7-8-24-25(11-14-30-26(24)16-19)32-21-4-1-3-18(15-21)27(34)33-23-6-2-5-22(17-23)31-20-9-12-29-13-10-20/h2-3,5-17H,1,4H2,(H,29,31)(H,30,32)(H,33,34). The maximum absolute atomic E-state index is 13.5. The van der Waals surface area contributed by atoms with Gasteiger partial charge in [0, 0.05) is 64.1 Å². The number of pyridine rings is 2. The SMILES string of the molecule is O=C(Nc1cccc(Nc2ccncc2)c1)C1=CCCC(Nc2ccnc3cc(F)ccc23)=C1. The number of hydrogen-bond acceptors (Lipinski definition) is 5. The van der Waals surface area contributed by atoms with Crippen LogP contribution in [0.3, 0.4) is 0 Å². The maximum Gasteiger partial charge on any atom is 0.255 e. The number of halogens is 1. The van der Waals surface area contributed by atoms with Crippen molar-refractivity contribution in [2.75, 3.05) is 16.0 Å². The van der Waals surface area contributed by atoms with E-state index in [1.807, 2.05) is 54.6 Å². The minimum atomic E-state index is -0.323. The Morgan fingerprint density at radius 2 is 1.74 bits per heavy atom. The van der Waals surface area contributed by atoms with Crippen molar-refractivity contribution in [3.05, 3.63) is 108 Å². The van der Waals surface area contributed by atoms with Crippen LogP contribution < -0.4 is 16.0 Å². The first-order valence-corrected chi connectivity index (χ1v) is 10.9. The lowest BCUT2D eigenvalue weighted by Crippen LogP contribution is -2.16. The van der Waals surface area contributed by atoms with Crippen LogP contribution in [-0.2, 0) is 4.79 Å². The molecule has 2 aromatic heterocycles. The molecule has 0 fully saturated rings. The Morgan fingerprint density at radius 3 is 2.62 bits per heavy atom. The van der Waals surface area contributed by atoms with Gasteiger partial charge in [0.25, 0.3) is 5.91 Å². The molecule has 168 valence electrons. The van der Waals surface area contributed by atoms with Gasteiger partial charge in [-0.15, -0.1) is 0 Å². The second kappa shape index (κ2) is 9.54. The zero-order valence-corrected chi connectivity index (χ0v) is 18.3. The van der Waals surface area contributed by atoms with E-state index in [4.69, 9.17) is 0 Å². The van der Waals surface area contributed by atoms with Gasteiger partial charge >= 0.3 is 0 Å². The highest BCUT2D eigenvalue weighted by atomic mass is 19.1. The second-order valence-electron chi connectivity index (χ2n) is 7.91. The lowest BCUT2D eigenvalue weighted by molar-refractivity contribution is -0.112. The minimum Gasteiger partial charge on any atom is -0.358 e. The van der Waals surface area contributed by atoms with Crippen molar-refractivity contribution < 1.29 is 9.18 Å². The Kier molecular flexibility index (Phi) is 5.99. The molecule has 6 nitrogen and oxygen atoms in total. The number of aromatic nitrogens is 2. The molecule has 1 amide bonds. The van der Waals surface area contributed by atoms with Crippen LogP contribution >= 0.6 is 0 Å². The normalized spacial score (nSPS) is 13.1. The average Bonchev–Trinajstić information content (AvgIpc) is 2.85. The zero-order valence-electron chi connectivity index (χ0n) is 18.3. The van der Waals surface area contributed by atoms with E-state index in [1.54, 1.807) is 24.7 Å². The first-order chi connectivity index (χ1) is 16.6. The lowest BCUT2D eigenvalue weighted by Gasteiger charge is -2.17. The van der Waals surface area contributed by atoms with Crippen molar-refractivity contribution in [2.24, 2.45) is 0 Å². The number of amides is 1. The molecule has 0 unspecified atom stereocenters. The molecule has 5 rings (SSSR count). The molecule has 2 heterocycles. The zero-order chi connectivity index (χ0) is 23.3. The van der Waals surface area contributed by atoms with Gasteiger partial charge in [0.05, 0.1) is 5.52 Å². The third kappa shape index (κ3) is 4.94. The average molecular weight is 452 g/mol. The van der Waals surface area contributed by atoms with Gasteiger partial charge in [0.2, 0.25) is 0 Å². The van der Waals surface area contributed by atoms with Gasteiger partial charge in [-0.1, -0.05) is 12.1 Å². The molecule has 0 spiro atoms. The van der Waals surface area contributed by atoms with Crippen LogP contribution in [-0.4, -0.2) is 15.9 Å². The Bertz CT molecular complexity index is 1420. The first kappa shape index (κ1) is 21.3. The van der Waals surface area contributed by atoms with Gasteiger partial charge in [-0.25, -0.2) is 4.39 Å². The van der Waals surface area contributed by atoms with E-state index in [-0.39, 0.29) is 11.7 Å². The lowest BCUT2D eigenvalue weighted by atomic mass is 10.0. The van der Waals surface area contributed by atoms with Crippen LogP contribution in [0.25, 0.3) is 10.9 Å². The third-order valence-corrected chi connectivity index (χ3v) is 5.46. The van der Waals surface area contributed by atoms with E-state index < -0.39 is 0 Å². The van der Waals surface area contributed by atoms with E-state index in [0.29, 0.717) is 16.8 Å². The van der Waals surface area contributed by atoms with Crippen LogP contribution in [0.4, 0.5) is 27.1 Å². The number of hydrogen-bond donors (Lipinski definition) is 3.